The van der Waals surface area contributed by atoms with Crippen LogP contribution in [-0.4, -0.2) is 76.8 Å². The lowest BCUT2D eigenvalue weighted by molar-refractivity contribution is 0.132. The van der Waals surface area contributed by atoms with Gasteiger partial charge >= 0.3 is 0 Å². The Morgan fingerprint density at radius 3 is 2.23 bits per heavy atom. The molecule has 1 aliphatic rings. The number of rotatable bonds is 9. The molecule has 1 aliphatic heterocycles. The summed E-state index contributed by atoms with van der Waals surface area (Å²) in [6.45, 7) is 5.62. The van der Waals surface area contributed by atoms with Crippen LogP contribution in [0.25, 0.3) is 10.9 Å². The number of hydrogen-bond donors (Lipinski definition) is 1. The third-order valence-corrected chi connectivity index (χ3v) is 4.19. The molecule has 1 fully saturated rings. The highest BCUT2D eigenvalue weighted by molar-refractivity contribution is 5.92. The maximum atomic E-state index is 5.88. The summed E-state index contributed by atoms with van der Waals surface area (Å²) < 4.78 is 21.9. The Morgan fingerprint density at radius 1 is 0.923 bits per heavy atom. The van der Waals surface area contributed by atoms with Gasteiger partial charge in [0.1, 0.15) is 25.4 Å². The lowest BCUT2D eigenvalue weighted by atomic mass is 10.2. The molecule has 1 N–H and O–H groups in total. The van der Waals surface area contributed by atoms with E-state index in [1.165, 1.54) is 0 Å². The van der Waals surface area contributed by atoms with Gasteiger partial charge in [-0.1, -0.05) is 0 Å². The van der Waals surface area contributed by atoms with Crippen LogP contribution in [0.15, 0.2) is 18.5 Å². The van der Waals surface area contributed by atoms with Gasteiger partial charge < -0.3 is 29.2 Å². The molecule has 0 bridgehead atoms. The molecular weight excluding hydrogens is 336 g/mol. The Bertz CT molecular complexity index is 707. The van der Waals surface area contributed by atoms with Crippen molar-refractivity contribution in [2.45, 2.75) is 0 Å². The third-order valence-electron chi connectivity index (χ3n) is 4.19. The number of fused-ring (bicyclic) bond motifs is 1. The van der Waals surface area contributed by atoms with Crippen LogP contribution >= 0.6 is 0 Å². The van der Waals surface area contributed by atoms with E-state index in [0.717, 1.165) is 42.9 Å². The van der Waals surface area contributed by atoms with E-state index in [2.05, 4.69) is 20.2 Å². The van der Waals surface area contributed by atoms with Gasteiger partial charge in [-0.25, -0.2) is 9.97 Å². The minimum atomic E-state index is 0.443. The number of piperazine rings is 1. The van der Waals surface area contributed by atoms with Crippen molar-refractivity contribution in [3.05, 3.63) is 18.5 Å². The SMILES string of the molecule is COCCOc1cc2ncnc(N3CCNCC3)c2cc1OCCOC. The largest absolute Gasteiger partial charge is 0.487 e. The fourth-order valence-electron chi connectivity index (χ4n) is 2.87. The maximum Gasteiger partial charge on any atom is 0.163 e. The van der Waals surface area contributed by atoms with Crippen molar-refractivity contribution in [1.29, 1.82) is 0 Å². The molecule has 2 aromatic rings. The first kappa shape index (κ1) is 18.6. The monoisotopic (exact) mass is 362 g/mol. The van der Waals surface area contributed by atoms with Crippen LogP contribution < -0.4 is 19.7 Å². The first-order chi connectivity index (χ1) is 12.8. The van der Waals surface area contributed by atoms with Crippen LogP contribution in [-0.2, 0) is 9.47 Å². The molecule has 1 aromatic carbocycles. The Hall–Kier alpha value is -2.16. The average Bonchev–Trinajstić information content (AvgIpc) is 2.69. The molecule has 2 heterocycles. The zero-order chi connectivity index (χ0) is 18.2. The third kappa shape index (κ3) is 4.51. The van der Waals surface area contributed by atoms with E-state index in [4.69, 9.17) is 18.9 Å². The van der Waals surface area contributed by atoms with Crippen LogP contribution in [0, 0.1) is 0 Å². The van der Waals surface area contributed by atoms with Crippen LogP contribution in [0.5, 0.6) is 11.5 Å². The van der Waals surface area contributed by atoms with Crippen molar-refractivity contribution in [3.63, 3.8) is 0 Å². The predicted octanol–water partition coefficient (Wildman–Crippen LogP) is 1.09. The highest BCUT2D eigenvalue weighted by Crippen LogP contribution is 2.35. The average molecular weight is 362 g/mol. The lowest BCUT2D eigenvalue weighted by Crippen LogP contribution is -2.44. The summed E-state index contributed by atoms with van der Waals surface area (Å²) in [5.41, 5.74) is 0.833. The first-order valence-electron chi connectivity index (χ1n) is 8.81. The molecule has 26 heavy (non-hydrogen) atoms. The molecule has 8 heteroatoms. The number of aromatic nitrogens is 2. The topological polar surface area (TPSA) is 78.0 Å². The lowest BCUT2D eigenvalue weighted by Gasteiger charge is -2.29. The minimum absolute atomic E-state index is 0.443. The van der Waals surface area contributed by atoms with Crippen molar-refractivity contribution in [2.75, 3.05) is 71.7 Å². The fourth-order valence-corrected chi connectivity index (χ4v) is 2.87. The Morgan fingerprint density at radius 2 is 1.58 bits per heavy atom. The summed E-state index contributed by atoms with van der Waals surface area (Å²) in [5.74, 6) is 2.24. The van der Waals surface area contributed by atoms with Gasteiger partial charge in [0, 0.05) is 51.9 Å². The molecule has 0 atom stereocenters. The number of hydrogen-bond acceptors (Lipinski definition) is 8. The Kier molecular flexibility index (Phi) is 6.82. The van der Waals surface area contributed by atoms with Gasteiger partial charge in [0.2, 0.25) is 0 Å². The van der Waals surface area contributed by atoms with E-state index in [9.17, 15) is 0 Å². The zero-order valence-electron chi connectivity index (χ0n) is 15.4. The van der Waals surface area contributed by atoms with Gasteiger partial charge in [-0.3, -0.25) is 0 Å². The quantitative estimate of drug-likeness (QED) is 0.664. The molecule has 1 saturated heterocycles. The Balaban J connectivity index is 1.93. The summed E-state index contributed by atoms with van der Waals surface area (Å²) >= 11 is 0. The molecular formula is C18H26N4O4. The van der Waals surface area contributed by atoms with Crippen LogP contribution in [0.1, 0.15) is 0 Å². The fraction of sp³-hybridized carbons (Fsp3) is 0.556. The van der Waals surface area contributed by atoms with E-state index < -0.39 is 0 Å². The molecule has 0 aliphatic carbocycles. The van der Waals surface area contributed by atoms with Crippen molar-refractivity contribution in [3.8, 4) is 11.5 Å². The smallest absolute Gasteiger partial charge is 0.163 e. The Labute approximate surface area is 153 Å². The number of ether oxygens (including phenoxy) is 4. The molecule has 8 nitrogen and oxygen atoms in total. The van der Waals surface area contributed by atoms with E-state index >= 15 is 0 Å². The summed E-state index contributed by atoms with van der Waals surface area (Å²) in [4.78, 5) is 11.2. The van der Waals surface area contributed by atoms with Crippen LogP contribution in [0.4, 0.5) is 5.82 Å². The van der Waals surface area contributed by atoms with Crippen molar-refractivity contribution >= 4 is 16.7 Å². The summed E-state index contributed by atoms with van der Waals surface area (Å²) in [7, 11) is 3.29. The van der Waals surface area contributed by atoms with Crippen LogP contribution in [0.2, 0.25) is 0 Å². The summed E-state index contributed by atoms with van der Waals surface area (Å²) in [5, 5.41) is 4.32. The highest BCUT2D eigenvalue weighted by Gasteiger charge is 2.18. The number of benzene rings is 1. The molecule has 142 valence electrons. The van der Waals surface area contributed by atoms with Gasteiger partial charge in [-0.15, -0.1) is 0 Å². The number of methoxy groups -OCH3 is 2. The van der Waals surface area contributed by atoms with E-state index in [-0.39, 0.29) is 0 Å². The number of nitrogens with zero attached hydrogens (tertiary/aromatic N) is 3. The zero-order valence-corrected chi connectivity index (χ0v) is 15.4. The predicted molar refractivity (Wildman–Crippen MR) is 99.4 cm³/mol. The molecule has 0 saturated carbocycles. The van der Waals surface area contributed by atoms with E-state index in [1.807, 2.05) is 12.1 Å². The molecule has 0 unspecified atom stereocenters. The molecule has 3 rings (SSSR count). The standard InChI is InChI=1S/C18H26N4O4/c1-23-7-9-25-16-11-14-15(12-17(16)26-10-8-24-2)20-13-21-18(14)22-5-3-19-4-6-22/h11-13,19H,3-10H2,1-2H3. The van der Waals surface area contributed by atoms with Gasteiger partial charge in [0.05, 0.1) is 18.7 Å². The second-order valence-corrected chi connectivity index (χ2v) is 5.93. The van der Waals surface area contributed by atoms with Gasteiger partial charge in [0.15, 0.2) is 11.5 Å². The van der Waals surface area contributed by atoms with E-state index in [0.29, 0.717) is 37.9 Å². The van der Waals surface area contributed by atoms with Crippen molar-refractivity contribution in [1.82, 2.24) is 15.3 Å². The van der Waals surface area contributed by atoms with Gasteiger partial charge in [0.25, 0.3) is 0 Å². The molecule has 0 radical (unpaired) electrons. The van der Waals surface area contributed by atoms with Crippen molar-refractivity contribution < 1.29 is 18.9 Å². The number of nitrogens with one attached hydrogen (secondary N) is 1. The van der Waals surface area contributed by atoms with E-state index in [1.54, 1.807) is 20.5 Å². The highest BCUT2D eigenvalue weighted by atomic mass is 16.5. The van der Waals surface area contributed by atoms with Gasteiger partial charge in [-0.05, 0) is 6.07 Å². The van der Waals surface area contributed by atoms with Crippen LogP contribution in [0.3, 0.4) is 0 Å². The molecule has 0 spiro atoms. The number of anilines is 1. The summed E-state index contributed by atoms with van der Waals surface area (Å²) in [6, 6.07) is 3.87. The van der Waals surface area contributed by atoms with Gasteiger partial charge in [-0.2, -0.15) is 0 Å². The maximum absolute atomic E-state index is 5.88. The summed E-state index contributed by atoms with van der Waals surface area (Å²) in [6.07, 6.45) is 1.60. The minimum Gasteiger partial charge on any atom is -0.487 e. The molecule has 1 aromatic heterocycles. The second kappa shape index (κ2) is 9.51. The molecule has 0 amide bonds. The second-order valence-electron chi connectivity index (χ2n) is 5.93. The normalized spacial score (nSPS) is 14.6. The first-order valence-corrected chi connectivity index (χ1v) is 8.81. The van der Waals surface area contributed by atoms with Crippen molar-refractivity contribution in [2.24, 2.45) is 0 Å².